The van der Waals surface area contributed by atoms with Crippen molar-refractivity contribution in [3.63, 3.8) is 0 Å². The zero-order valence-corrected chi connectivity index (χ0v) is 21.3. The van der Waals surface area contributed by atoms with E-state index in [0.29, 0.717) is 34.4 Å². The van der Waals surface area contributed by atoms with E-state index in [9.17, 15) is 0 Å². The van der Waals surface area contributed by atoms with Crippen molar-refractivity contribution in [3.8, 4) is 35.1 Å². The molecule has 1 aliphatic rings. The Kier molecular flexibility index (Phi) is 7.19. The first-order valence-electron chi connectivity index (χ1n) is 12.2. The molecule has 10 heteroatoms. The van der Waals surface area contributed by atoms with Gasteiger partial charge < -0.3 is 15.2 Å². The first-order chi connectivity index (χ1) is 19.0. The highest BCUT2D eigenvalue weighted by atomic mass is 16.5. The van der Waals surface area contributed by atoms with E-state index in [1.807, 2.05) is 25.1 Å². The van der Waals surface area contributed by atoms with Crippen molar-refractivity contribution >= 4 is 17.5 Å². The molecule has 4 aromatic rings. The minimum Gasteiger partial charge on any atom is -0.339 e. The number of nitrogens with one attached hydrogen (secondary N) is 2. The van der Waals surface area contributed by atoms with E-state index in [-0.39, 0.29) is 11.8 Å². The molecule has 0 fully saturated rings. The van der Waals surface area contributed by atoms with Crippen LogP contribution in [-0.2, 0) is 0 Å². The normalized spacial score (nSPS) is 15.0. The zero-order chi connectivity index (χ0) is 27.2. The van der Waals surface area contributed by atoms with Crippen LogP contribution >= 0.6 is 0 Å². The number of nitrogens with zero attached hydrogens (tertiary/aromatic N) is 7. The molecular formula is C29H23N9O. The second-order valence-electron chi connectivity index (χ2n) is 8.89. The summed E-state index contributed by atoms with van der Waals surface area (Å²) in [5.74, 6) is 1.57. The highest BCUT2D eigenvalue weighted by molar-refractivity contribution is 5.73. The predicted molar refractivity (Wildman–Crippen MR) is 146 cm³/mol. The van der Waals surface area contributed by atoms with Crippen molar-refractivity contribution in [2.24, 2.45) is 5.92 Å². The van der Waals surface area contributed by atoms with Crippen molar-refractivity contribution in [1.29, 1.82) is 10.5 Å². The van der Waals surface area contributed by atoms with Crippen molar-refractivity contribution in [1.82, 2.24) is 25.1 Å². The number of hydrogen-bond donors (Lipinski definition) is 2. The number of rotatable bonds is 7. The van der Waals surface area contributed by atoms with Gasteiger partial charge in [0.2, 0.25) is 11.8 Å². The van der Waals surface area contributed by atoms with Crippen molar-refractivity contribution in [2.75, 3.05) is 10.6 Å². The molecule has 10 nitrogen and oxygen atoms in total. The lowest BCUT2D eigenvalue weighted by atomic mass is 9.89. The molecule has 1 unspecified atom stereocenters. The molecule has 5 rings (SSSR count). The fourth-order valence-corrected chi connectivity index (χ4v) is 4.25. The van der Waals surface area contributed by atoms with Gasteiger partial charge in [0.05, 0.1) is 17.7 Å². The standard InChI is InChI=1S/C29H23N9O/c1-18-14-21(6-5-12-30)15-19(2)25(18)35-26-23(28-36-27(38-39-28)24-7-3-4-13-32-24)17-33-29(37-26)34-22-10-8-20(16-31)9-11-22/h3-11,13-14,17,21H,15H2,1-2H3,(H2,33,34,35,37). The van der Waals surface area contributed by atoms with Crippen LogP contribution in [0.3, 0.4) is 0 Å². The Morgan fingerprint density at radius 2 is 1.87 bits per heavy atom. The van der Waals surface area contributed by atoms with Gasteiger partial charge in [0.25, 0.3) is 5.89 Å². The number of hydrogen-bond acceptors (Lipinski definition) is 10. The van der Waals surface area contributed by atoms with E-state index in [0.717, 1.165) is 29.0 Å². The van der Waals surface area contributed by atoms with Crippen LogP contribution in [0.5, 0.6) is 0 Å². The number of pyridine rings is 1. The van der Waals surface area contributed by atoms with Crippen molar-refractivity contribution in [3.05, 3.63) is 95.5 Å². The molecule has 0 saturated heterocycles. The van der Waals surface area contributed by atoms with E-state index in [1.165, 1.54) is 6.08 Å². The van der Waals surface area contributed by atoms with Crippen LogP contribution in [0.15, 0.2) is 94.5 Å². The van der Waals surface area contributed by atoms with Gasteiger partial charge in [-0.3, -0.25) is 4.98 Å². The van der Waals surface area contributed by atoms with Gasteiger partial charge in [-0.2, -0.15) is 20.5 Å². The summed E-state index contributed by atoms with van der Waals surface area (Å²) in [4.78, 5) is 18.0. The van der Waals surface area contributed by atoms with Crippen molar-refractivity contribution in [2.45, 2.75) is 20.3 Å². The Morgan fingerprint density at radius 1 is 1.03 bits per heavy atom. The topological polar surface area (TPSA) is 149 Å². The molecule has 0 bridgehead atoms. The van der Waals surface area contributed by atoms with Gasteiger partial charge in [-0.15, -0.1) is 0 Å². The van der Waals surface area contributed by atoms with E-state index < -0.39 is 0 Å². The summed E-state index contributed by atoms with van der Waals surface area (Å²) < 4.78 is 5.59. The SMILES string of the molecule is CC1=CC(C=CC#N)CC(C)=C1Nc1nc(Nc2ccc(C#N)cc2)ncc1-c1nc(-c2ccccn2)no1. The van der Waals surface area contributed by atoms with Gasteiger partial charge >= 0.3 is 0 Å². The van der Waals surface area contributed by atoms with Crippen LogP contribution in [0, 0.1) is 28.6 Å². The van der Waals surface area contributed by atoms with Gasteiger partial charge in [-0.05, 0) is 67.8 Å². The third-order valence-corrected chi connectivity index (χ3v) is 6.10. The molecule has 3 aromatic heterocycles. The number of aromatic nitrogens is 5. The minimum atomic E-state index is 0.144. The molecule has 0 saturated carbocycles. The van der Waals surface area contributed by atoms with Crippen LogP contribution in [0.25, 0.3) is 23.0 Å². The monoisotopic (exact) mass is 513 g/mol. The third-order valence-electron chi connectivity index (χ3n) is 6.10. The van der Waals surface area contributed by atoms with Crippen LogP contribution in [0.2, 0.25) is 0 Å². The van der Waals surface area contributed by atoms with E-state index >= 15 is 0 Å². The minimum absolute atomic E-state index is 0.144. The summed E-state index contributed by atoms with van der Waals surface area (Å²) in [7, 11) is 0. The average Bonchev–Trinajstić information content (AvgIpc) is 3.45. The number of nitriles is 2. The molecule has 0 aliphatic heterocycles. The van der Waals surface area contributed by atoms with Crippen LogP contribution in [-0.4, -0.2) is 25.1 Å². The summed E-state index contributed by atoms with van der Waals surface area (Å²) in [6.45, 7) is 4.07. The second-order valence-corrected chi connectivity index (χ2v) is 8.89. The first-order valence-corrected chi connectivity index (χ1v) is 12.2. The molecule has 0 radical (unpaired) electrons. The third kappa shape index (κ3) is 5.71. The molecular weight excluding hydrogens is 490 g/mol. The maximum Gasteiger partial charge on any atom is 0.263 e. The summed E-state index contributed by atoms with van der Waals surface area (Å²) in [6, 6.07) is 16.6. The fourth-order valence-electron chi connectivity index (χ4n) is 4.25. The molecule has 3 heterocycles. The quantitative estimate of drug-likeness (QED) is 0.284. The van der Waals surface area contributed by atoms with Crippen LogP contribution in [0.1, 0.15) is 25.8 Å². The summed E-state index contributed by atoms with van der Waals surface area (Å²) in [5, 5.41) is 28.7. The molecule has 1 atom stereocenters. The molecule has 1 aromatic carbocycles. The smallest absolute Gasteiger partial charge is 0.263 e. The molecule has 39 heavy (non-hydrogen) atoms. The largest absolute Gasteiger partial charge is 0.339 e. The molecule has 2 N–H and O–H groups in total. The van der Waals surface area contributed by atoms with E-state index in [4.69, 9.17) is 20.0 Å². The number of benzene rings is 1. The second kappa shape index (κ2) is 11.2. The Hall–Kier alpha value is -5.61. The zero-order valence-electron chi connectivity index (χ0n) is 21.3. The number of anilines is 3. The van der Waals surface area contributed by atoms with E-state index in [2.05, 4.69) is 55.9 Å². The molecule has 190 valence electrons. The summed E-state index contributed by atoms with van der Waals surface area (Å²) in [6.07, 6.45) is 9.57. The summed E-state index contributed by atoms with van der Waals surface area (Å²) >= 11 is 0. The van der Waals surface area contributed by atoms with Crippen molar-refractivity contribution < 1.29 is 4.52 Å². The lowest BCUT2D eigenvalue weighted by Crippen LogP contribution is -2.14. The maximum atomic E-state index is 9.07. The average molecular weight is 514 g/mol. The van der Waals surface area contributed by atoms with Crippen LogP contribution < -0.4 is 10.6 Å². The Bertz CT molecular complexity index is 1670. The molecule has 1 aliphatic carbocycles. The van der Waals surface area contributed by atoms with Crippen LogP contribution in [0.4, 0.5) is 17.5 Å². The first kappa shape index (κ1) is 25.1. The van der Waals surface area contributed by atoms with Gasteiger partial charge in [0, 0.05) is 35.8 Å². The van der Waals surface area contributed by atoms with E-state index in [1.54, 1.807) is 42.7 Å². The number of allylic oxidation sites excluding steroid dienone is 5. The van der Waals surface area contributed by atoms with Gasteiger partial charge in [-0.1, -0.05) is 23.4 Å². The molecule has 0 spiro atoms. The lowest BCUT2D eigenvalue weighted by Gasteiger charge is -2.23. The maximum absolute atomic E-state index is 9.07. The predicted octanol–water partition coefficient (Wildman–Crippen LogP) is 5.94. The highest BCUT2D eigenvalue weighted by Crippen LogP contribution is 2.34. The summed E-state index contributed by atoms with van der Waals surface area (Å²) in [5.41, 5.74) is 5.47. The van der Waals surface area contributed by atoms with Gasteiger partial charge in [-0.25, -0.2) is 4.98 Å². The van der Waals surface area contributed by atoms with Gasteiger partial charge in [0.15, 0.2) is 0 Å². The van der Waals surface area contributed by atoms with Gasteiger partial charge in [0.1, 0.15) is 17.1 Å². The Morgan fingerprint density at radius 3 is 2.59 bits per heavy atom. The Labute approximate surface area is 225 Å². The highest BCUT2D eigenvalue weighted by Gasteiger charge is 2.22. The fraction of sp³-hybridized carbons (Fsp3) is 0.138. The molecule has 0 amide bonds. The Balaban J connectivity index is 1.51. The lowest BCUT2D eigenvalue weighted by molar-refractivity contribution is 0.432.